The second-order valence-electron chi connectivity index (χ2n) is 8.29. The van der Waals surface area contributed by atoms with Crippen molar-refractivity contribution in [3.8, 4) is 5.75 Å². The Labute approximate surface area is 209 Å². The van der Waals surface area contributed by atoms with Crippen LogP contribution in [0.15, 0.2) is 78.9 Å². The molecular weight excluding hydrogens is 463 g/mol. The van der Waals surface area contributed by atoms with Crippen molar-refractivity contribution in [2.24, 2.45) is 0 Å². The maximum Gasteiger partial charge on any atom is 0.328 e. The van der Waals surface area contributed by atoms with Gasteiger partial charge in [0.15, 0.2) is 0 Å². The number of methoxy groups -OCH3 is 1. The van der Waals surface area contributed by atoms with Crippen LogP contribution < -0.4 is 15.4 Å². The third-order valence-corrected chi connectivity index (χ3v) is 5.46. The Balaban J connectivity index is 1.65. The molecule has 2 N–H and O–H groups in total. The van der Waals surface area contributed by atoms with Gasteiger partial charge in [-0.25, -0.2) is 9.18 Å². The Bertz CT molecular complexity index is 1150. The first-order chi connectivity index (χ1) is 17.3. The van der Waals surface area contributed by atoms with Gasteiger partial charge in [-0.1, -0.05) is 54.6 Å². The van der Waals surface area contributed by atoms with E-state index in [9.17, 15) is 18.8 Å². The molecule has 0 aliphatic heterocycles. The summed E-state index contributed by atoms with van der Waals surface area (Å²) in [4.78, 5) is 37.1. The molecule has 7 nitrogen and oxygen atoms in total. The summed E-state index contributed by atoms with van der Waals surface area (Å²) in [6.45, 7) is 1.73. The molecule has 0 radical (unpaired) electrons. The minimum atomic E-state index is -0.969. The summed E-state index contributed by atoms with van der Waals surface area (Å²) < 4.78 is 23.9. The summed E-state index contributed by atoms with van der Waals surface area (Å²) in [5.41, 5.74) is 2.49. The van der Waals surface area contributed by atoms with E-state index in [1.807, 2.05) is 42.5 Å². The first-order valence-electron chi connectivity index (χ1n) is 11.5. The first-order valence-corrected chi connectivity index (χ1v) is 11.5. The van der Waals surface area contributed by atoms with Gasteiger partial charge in [-0.2, -0.15) is 0 Å². The lowest BCUT2D eigenvalue weighted by molar-refractivity contribution is -0.145. The summed E-state index contributed by atoms with van der Waals surface area (Å²) in [5, 5.41) is 5.27. The Morgan fingerprint density at radius 1 is 0.778 bits per heavy atom. The summed E-state index contributed by atoms with van der Waals surface area (Å²) in [5.74, 6) is -1.30. The molecule has 0 aliphatic rings. The zero-order chi connectivity index (χ0) is 25.9. The van der Waals surface area contributed by atoms with Crippen LogP contribution in [0.4, 0.5) is 4.39 Å². The molecule has 0 heterocycles. The lowest BCUT2D eigenvalue weighted by Gasteiger charge is -2.22. The average Bonchev–Trinajstić information content (AvgIpc) is 2.88. The molecule has 2 amide bonds. The van der Waals surface area contributed by atoms with Crippen molar-refractivity contribution in [3.05, 3.63) is 101 Å². The lowest BCUT2D eigenvalue weighted by Crippen LogP contribution is -2.53. The Hall–Kier alpha value is -4.20. The number of carbonyl (C=O) groups is 3. The SMILES string of the molecule is COC(=O)[C@@H](Cc1ccc(OCc2ccccc2)cc1)NC(=O)[C@@H](Cc1ccc(F)cc1)NC(C)=O. The quantitative estimate of drug-likeness (QED) is 0.401. The number of hydrogen-bond donors (Lipinski definition) is 2. The van der Waals surface area contributed by atoms with Crippen molar-refractivity contribution in [1.82, 2.24) is 10.6 Å². The number of ether oxygens (including phenoxy) is 2. The smallest absolute Gasteiger partial charge is 0.328 e. The zero-order valence-electron chi connectivity index (χ0n) is 20.2. The summed E-state index contributed by atoms with van der Waals surface area (Å²) >= 11 is 0. The number of rotatable bonds is 11. The second kappa shape index (κ2) is 13.0. The zero-order valence-corrected chi connectivity index (χ0v) is 20.2. The number of esters is 1. The molecule has 2 atom stereocenters. The summed E-state index contributed by atoms with van der Waals surface area (Å²) in [7, 11) is 1.24. The predicted octanol–water partition coefficient (Wildman–Crippen LogP) is 3.35. The molecule has 0 saturated carbocycles. The maximum absolute atomic E-state index is 13.2. The summed E-state index contributed by atoms with van der Waals surface area (Å²) in [6.07, 6.45) is 0.313. The van der Waals surface area contributed by atoms with Gasteiger partial charge in [0, 0.05) is 19.8 Å². The highest BCUT2D eigenvalue weighted by atomic mass is 19.1. The third kappa shape index (κ3) is 8.23. The molecule has 3 rings (SSSR count). The van der Waals surface area contributed by atoms with Crippen molar-refractivity contribution in [2.45, 2.75) is 38.5 Å². The van der Waals surface area contributed by atoms with Gasteiger partial charge in [-0.3, -0.25) is 9.59 Å². The van der Waals surface area contributed by atoms with Gasteiger partial charge in [0.25, 0.3) is 0 Å². The third-order valence-electron chi connectivity index (χ3n) is 5.46. The minimum absolute atomic E-state index is 0.132. The van der Waals surface area contributed by atoms with Crippen LogP contribution in [-0.4, -0.2) is 37.0 Å². The molecule has 3 aromatic rings. The van der Waals surface area contributed by atoms with Crippen molar-refractivity contribution in [1.29, 1.82) is 0 Å². The molecule has 36 heavy (non-hydrogen) atoms. The van der Waals surface area contributed by atoms with E-state index in [4.69, 9.17) is 9.47 Å². The maximum atomic E-state index is 13.2. The number of nitrogens with one attached hydrogen (secondary N) is 2. The average molecular weight is 493 g/mol. The fourth-order valence-corrected chi connectivity index (χ4v) is 3.62. The topological polar surface area (TPSA) is 93.7 Å². The van der Waals surface area contributed by atoms with Crippen LogP contribution in [-0.2, 0) is 38.6 Å². The monoisotopic (exact) mass is 492 g/mol. The predicted molar refractivity (Wildman–Crippen MR) is 133 cm³/mol. The van der Waals surface area contributed by atoms with Crippen LogP contribution in [0.1, 0.15) is 23.6 Å². The highest BCUT2D eigenvalue weighted by Gasteiger charge is 2.27. The van der Waals surface area contributed by atoms with E-state index in [2.05, 4.69) is 10.6 Å². The summed E-state index contributed by atoms with van der Waals surface area (Å²) in [6, 6.07) is 20.7. The van der Waals surface area contributed by atoms with Crippen molar-refractivity contribution in [3.63, 3.8) is 0 Å². The van der Waals surface area contributed by atoms with E-state index in [-0.39, 0.29) is 12.8 Å². The minimum Gasteiger partial charge on any atom is -0.489 e. The van der Waals surface area contributed by atoms with E-state index in [0.717, 1.165) is 11.1 Å². The molecule has 0 saturated heterocycles. The number of carbonyl (C=O) groups excluding carboxylic acids is 3. The number of halogens is 1. The molecule has 188 valence electrons. The van der Waals surface area contributed by atoms with Crippen LogP contribution in [0, 0.1) is 5.82 Å². The van der Waals surface area contributed by atoms with Crippen molar-refractivity contribution < 1.29 is 28.2 Å². The highest BCUT2D eigenvalue weighted by molar-refractivity contribution is 5.90. The van der Waals surface area contributed by atoms with Gasteiger partial charge in [0.1, 0.15) is 30.3 Å². The van der Waals surface area contributed by atoms with Crippen LogP contribution in [0.3, 0.4) is 0 Å². The number of amides is 2. The second-order valence-corrected chi connectivity index (χ2v) is 8.29. The fraction of sp³-hybridized carbons (Fsp3) is 0.250. The van der Waals surface area contributed by atoms with E-state index in [0.29, 0.717) is 17.9 Å². The molecule has 0 bridgehead atoms. The van der Waals surface area contributed by atoms with E-state index >= 15 is 0 Å². The fourth-order valence-electron chi connectivity index (χ4n) is 3.62. The molecule has 0 spiro atoms. The molecule has 0 aromatic heterocycles. The van der Waals surface area contributed by atoms with Gasteiger partial charge in [0.2, 0.25) is 11.8 Å². The molecular formula is C28H29FN2O5. The van der Waals surface area contributed by atoms with Crippen LogP contribution >= 0.6 is 0 Å². The van der Waals surface area contributed by atoms with Gasteiger partial charge in [-0.15, -0.1) is 0 Å². The van der Waals surface area contributed by atoms with Gasteiger partial charge in [0.05, 0.1) is 7.11 Å². The number of benzene rings is 3. The Morgan fingerprint density at radius 2 is 1.36 bits per heavy atom. The molecule has 3 aromatic carbocycles. The number of hydrogen-bond acceptors (Lipinski definition) is 5. The van der Waals surface area contributed by atoms with E-state index in [1.54, 1.807) is 12.1 Å². The van der Waals surface area contributed by atoms with Crippen molar-refractivity contribution in [2.75, 3.05) is 7.11 Å². The van der Waals surface area contributed by atoms with Crippen molar-refractivity contribution >= 4 is 17.8 Å². The first kappa shape index (κ1) is 26.4. The Kier molecular flexibility index (Phi) is 9.56. The largest absolute Gasteiger partial charge is 0.489 e. The normalized spacial score (nSPS) is 12.2. The van der Waals surface area contributed by atoms with Gasteiger partial charge >= 0.3 is 5.97 Å². The van der Waals surface area contributed by atoms with E-state index in [1.165, 1.54) is 38.3 Å². The highest BCUT2D eigenvalue weighted by Crippen LogP contribution is 2.16. The van der Waals surface area contributed by atoms with Gasteiger partial charge in [-0.05, 0) is 41.0 Å². The van der Waals surface area contributed by atoms with Gasteiger partial charge < -0.3 is 20.1 Å². The standard InChI is InChI=1S/C28H29FN2O5/c1-19(32)30-25(16-20-8-12-23(29)13-9-20)27(33)31-26(28(34)35-2)17-21-10-14-24(15-11-21)36-18-22-6-4-3-5-7-22/h3-15,25-26H,16-18H2,1-2H3,(H,30,32)(H,31,33)/t25-,26-/m1/s1. The van der Waals surface area contributed by atoms with E-state index < -0.39 is 35.7 Å². The van der Waals surface area contributed by atoms with Crippen LogP contribution in [0.25, 0.3) is 0 Å². The lowest BCUT2D eigenvalue weighted by atomic mass is 10.0. The molecule has 0 unspecified atom stereocenters. The molecule has 0 fully saturated rings. The molecule has 0 aliphatic carbocycles. The Morgan fingerprint density at radius 3 is 1.94 bits per heavy atom. The molecule has 8 heteroatoms. The van der Waals surface area contributed by atoms with Crippen LogP contribution in [0.5, 0.6) is 5.75 Å². The van der Waals surface area contributed by atoms with Crippen LogP contribution in [0.2, 0.25) is 0 Å².